The van der Waals surface area contributed by atoms with Crippen LogP contribution in [0.3, 0.4) is 0 Å². The predicted octanol–water partition coefficient (Wildman–Crippen LogP) is 2.79. The quantitative estimate of drug-likeness (QED) is 0.857. The highest BCUT2D eigenvalue weighted by Crippen LogP contribution is 2.17. The van der Waals surface area contributed by atoms with Crippen molar-refractivity contribution in [1.29, 1.82) is 0 Å². The molecule has 0 atom stereocenters. The lowest BCUT2D eigenvalue weighted by atomic mass is 10.2. The SMILES string of the molecule is COc1ccccc1C(=O)NCC#CCOc1ccc(F)cc1F. The van der Waals surface area contributed by atoms with Crippen LogP contribution in [0.15, 0.2) is 42.5 Å². The summed E-state index contributed by atoms with van der Waals surface area (Å²) in [4.78, 5) is 12.0. The van der Waals surface area contributed by atoms with Crippen LogP contribution in [0, 0.1) is 23.5 Å². The van der Waals surface area contributed by atoms with Crippen molar-refractivity contribution in [2.45, 2.75) is 0 Å². The van der Waals surface area contributed by atoms with E-state index in [1.54, 1.807) is 24.3 Å². The van der Waals surface area contributed by atoms with Crippen LogP contribution in [0.4, 0.5) is 8.78 Å². The van der Waals surface area contributed by atoms with Gasteiger partial charge < -0.3 is 14.8 Å². The number of para-hydroxylation sites is 1. The van der Waals surface area contributed by atoms with E-state index in [1.165, 1.54) is 13.2 Å². The van der Waals surface area contributed by atoms with Crippen molar-refractivity contribution in [3.8, 4) is 23.3 Å². The fourth-order valence-corrected chi connectivity index (χ4v) is 1.87. The van der Waals surface area contributed by atoms with Gasteiger partial charge in [0.25, 0.3) is 5.91 Å². The van der Waals surface area contributed by atoms with E-state index < -0.39 is 11.6 Å². The average Bonchev–Trinajstić information content (AvgIpc) is 2.59. The van der Waals surface area contributed by atoms with E-state index >= 15 is 0 Å². The molecule has 0 aliphatic rings. The number of rotatable bonds is 5. The first-order valence-electron chi connectivity index (χ1n) is 7.06. The van der Waals surface area contributed by atoms with E-state index in [2.05, 4.69) is 17.2 Å². The molecular formula is C18H15F2NO3. The van der Waals surface area contributed by atoms with Gasteiger partial charge >= 0.3 is 0 Å². The van der Waals surface area contributed by atoms with Crippen molar-refractivity contribution in [3.05, 3.63) is 59.7 Å². The van der Waals surface area contributed by atoms with Gasteiger partial charge in [-0.3, -0.25) is 4.79 Å². The van der Waals surface area contributed by atoms with Gasteiger partial charge in [0.1, 0.15) is 18.2 Å². The number of halogens is 2. The number of benzene rings is 2. The van der Waals surface area contributed by atoms with E-state index in [9.17, 15) is 13.6 Å². The molecule has 24 heavy (non-hydrogen) atoms. The zero-order valence-corrected chi connectivity index (χ0v) is 12.9. The Morgan fingerprint density at radius 2 is 1.92 bits per heavy atom. The van der Waals surface area contributed by atoms with Crippen LogP contribution in [-0.2, 0) is 0 Å². The molecule has 0 unspecified atom stereocenters. The monoisotopic (exact) mass is 331 g/mol. The first kappa shape index (κ1) is 17.3. The highest BCUT2D eigenvalue weighted by Gasteiger charge is 2.09. The summed E-state index contributed by atoms with van der Waals surface area (Å²) in [5.74, 6) is 3.92. The number of ether oxygens (including phenoxy) is 2. The number of methoxy groups -OCH3 is 1. The molecule has 0 radical (unpaired) electrons. The molecule has 0 heterocycles. The number of carbonyl (C=O) groups excluding carboxylic acids is 1. The van der Waals surface area contributed by atoms with E-state index in [-0.39, 0.29) is 24.8 Å². The van der Waals surface area contributed by atoms with Crippen LogP contribution in [-0.4, -0.2) is 26.2 Å². The van der Waals surface area contributed by atoms with Crippen molar-refractivity contribution in [1.82, 2.24) is 5.32 Å². The smallest absolute Gasteiger partial charge is 0.255 e. The summed E-state index contributed by atoms with van der Waals surface area (Å²) >= 11 is 0. The minimum atomic E-state index is -0.790. The summed E-state index contributed by atoms with van der Waals surface area (Å²) in [5, 5.41) is 2.62. The summed E-state index contributed by atoms with van der Waals surface area (Å²) < 4.78 is 36.2. The predicted molar refractivity (Wildman–Crippen MR) is 85.0 cm³/mol. The molecule has 1 amide bonds. The Hall–Kier alpha value is -3.07. The lowest BCUT2D eigenvalue weighted by molar-refractivity contribution is 0.0955. The van der Waals surface area contributed by atoms with Gasteiger partial charge in [0, 0.05) is 6.07 Å². The van der Waals surface area contributed by atoms with Gasteiger partial charge in [0.2, 0.25) is 0 Å². The molecule has 1 N–H and O–H groups in total. The van der Waals surface area contributed by atoms with Crippen molar-refractivity contribution in [2.24, 2.45) is 0 Å². The molecule has 0 bridgehead atoms. The maximum atomic E-state index is 13.3. The summed E-state index contributed by atoms with van der Waals surface area (Å²) in [6.07, 6.45) is 0. The standard InChI is InChI=1S/C18H15F2NO3/c1-23-16-7-3-2-6-14(16)18(22)21-10-4-5-11-24-17-9-8-13(19)12-15(17)20/h2-3,6-9,12H,10-11H2,1H3,(H,21,22). The molecule has 0 saturated heterocycles. The number of hydrogen-bond acceptors (Lipinski definition) is 3. The van der Waals surface area contributed by atoms with Crippen LogP contribution in [0.1, 0.15) is 10.4 Å². The molecule has 4 nitrogen and oxygen atoms in total. The van der Waals surface area contributed by atoms with E-state index in [0.717, 1.165) is 12.1 Å². The lowest BCUT2D eigenvalue weighted by Crippen LogP contribution is -2.24. The average molecular weight is 331 g/mol. The van der Waals surface area contributed by atoms with Crippen molar-refractivity contribution < 1.29 is 23.0 Å². The normalized spacial score (nSPS) is 9.62. The third-order valence-electron chi connectivity index (χ3n) is 3.01. The summed E-state index contributed by atoms with van der Waals surface area (Å²) in [6, 6.07) is 9.84. The fourth-order valence-electron chi connectivity index (χ4n) is 1.87. The van der Waals surface area contributed by atoms with E-state index in [0.29, 0.717) is 11.3 Å². The third kappa shape index (κ3) is 4.71. The van der Waals surface area contributed by atoms with Crippen LogP contribution in [0.5, 0.6) is 11.5 Å². The maximum absolute atomic E-state index is 13.3. The highest BCUT2D eigenvalue weighted by atomic mass is 19.1. The molecule has 2 aromatic carbocycles. The first-order chi connectivity index (χ1) is 11.6. The Morgan fingerprint density at radius 3 is 2.67 bits per heavy atom. The first-order valence-corrected chi connectivity index (χ1v) is 7.06. The molecule has 0 aliphatic carbocycles. The van der Waals surface area contributed by atoms with Crippen LogP contribution >= 0.6 is 0 Å². The number of amides is 1. The Morgan fingerprint density at radius 1 is 1.12 bits per heavy atom. The van der Waals surface area contributed by atoms with Gasteiger partial charge in [-0.05, 0) is 24.3 Å². The molecule has 0 saturated carbocycles. The summed E-state index contributed by atoms with van der Waals surface area (Å²) in [6.45, 7) is 0.0270. The summed E-state index contributed by atoms with van der Waals surface area (Å²) in [5.41, 5.74) is 0.409. The second-order valence-corrected chi connectivity index (χ2v) is 4.60. The van der Waals surface area contributed by atoms with Gasteiger partial charge in [0.05, 0.1) is 19.2 Å². The Bertz CT molecular complexity index is 781. The molecule has 2 rings (SSSR count). The van der Waals surface area contributed by atoms with Crippen molar-refractivity contribution in [2.75, 3.05) is 20.3 Å². The summed E-state index contributed by atoms with van der Waals surface area (Å²) in [7, 11) is 1.48. The molecule has 0 fully saturated rings. The van der Waals surface area contributed by atoms with Crippen LogP contribution in [0.2, 0.25) is 0 Å². The molecule has 0 spiro atoms. The molecular weight excluding hydrogens is 316 g/mol. The van der Waals surface area contributed by atoms with Crippen LogP contribution in [0.25, 0.3) is 0 Å². The van der Waals surface area contributed by atoms with E-state index in [1.807, 2.05) is 0 Å². The van der Waals surface area contributed by atoms with Gasteiger partial charge in [-0.25, -0.2) is 8.78 Å². The fraction of sp³-hybridized carbons (Fsp3) is 0.167. The third-order valence-corrected chi connectivity index (χ3v) is 3.01. The molecule has 124 valence electrons. The zero-order valence-electron chi connectivity index (χ0n) is 12.9. The lowest BCUT2D eigenvalue weighted by Gasteiger charge is -2.07. The van der Waals surface area contributed by atoms with Gasteiger partial charge in [-0.15, -0.1) is 0 Å². The minimum Gasteiger partial charge on any atom is -0.496 e. The Kier molecular flexibility index (Phi) is 6.15. The van der Waals surface area contributed by atoms with Crippen LogP contribution < -0.4 is 14.8 Å². The van der Waals surface area contributed by atoms with Crippen molar-refractivity contribution >= 4 is 5.91 Å². The second kappa shape index (κ2) is 8.53. The van der Waals surface area contributed by atoms with Gasteiger partial charge in [-0.2, -0.15) is 0 Å². The largest absolute Gasteiger partial charge is 0.496 e. The molecule has 0 aliphatic heterocycles. The number of carbonyl (C=O) groups is 1. The number of hydrogen-bond donors (Lipinski definition) is 1. The minimum absolute atomic E-state index is 0.0763. The van der Waals surface area contributed by atoms with E-state index in [4.69, 9.17) is 9.47 Å². The topological polar surface area (TPSA) is 47.6 Å². The molecule has 0 aromatic heterocycles. The highest BCUT2D eigenvalue weighted by molar-refractivity contribution is 5.97. The number of nitrogens with one attached hydrogen (secondary N) is 1. The second-order valence-electron chi connectivity index (χ2n) is 4.60. The van der Waals surface area contributed by atoms with Gasteiger partial charge in [0.15, 0.2) is 11.6 Å². The molecule has 6 heteroatoms. The van der Waals surface area contributed by atoms with Crippen molar-refractivity contribution in [3.63, 3.8) is 0 Å². The van der Waals surface area contributed by atoms with Gasteiger partial charge in [-0.1, -0.05) is 24.0 Å². The zero-order chi connectivity index (χ0) is 17.4. The Balaban J connectivity index is 1.80. The molecule has 2 aromatic rings. The Labute approximate surface area is 138 Å². The maximum Gasteiger partial charge on any atom is 0.255 e.